The Hall–Kier alpha value is -3.26. The molecule has 27 heavy (non-hydrogen) atoms. The molecule has 3 N–H and O–H groups in total. The Balaban J connectivity index is 2.21. The maximum atomic E-state index is 13.0. The van der Waals surface area contributed by atoms with Gasteiger partial charge in [0, 0.05) is 12.1 Å². The zero-order valence-electron chi connectivity index (χ0n) is 14.4. The van der Waals surface area contributed by atoms with E-state index in [1.807, 2.05) is 0 Å². The minimum absolute atomic E-state index is 0.0492. The summed E-state index contributed by atoms with van der Waals surface area (Å²) < 4.78 is 14.1. The number of nitrogens with zero attached hydrogens (tertiary/aromatic N) is 2. The summed E-state index contributed by atoms with van der Waals surface area (Å²) in [5.74, 6) is -2.66. The van der Waals surface area contributed by atoms with Gasteiger partial charge < -0.3 is 19.9 Å². The largest absolute Gasteiger partial charge is 0.505 e. The van der Waals surface area contributed by atoms with Crippen molar-refractivity contribution in [1.82, 2.24) is 9.55 Å². The number of pyridine rings is 2. The van der Waals surface area contributed by atoms with Gasteiger partial charge >= 0.3 is 5.97 Å². The molecule has 0 saturated heterocycles. The number of aliphatic hydroxyl groups excluding tert-OH is 1. The number of carboxylic acids is 1. The van der Waals surface area contributed by atoms with Gasteiger partial charge in [-0.2, -0.15) is 0 Å². The molecule has 3 rings (SSSR count). The summed E-state index contributed by atoms with van der Waals surface area (Å²) in [4.78, 5) is 28.3. The summed E-state index contributed by atoms with van der Waals surface area (Å²) in [6.45, 7) is 1.16. The second kappa shape index (κ2) is 7.16. The first-order valence-corrected chi connectivity index (χ1v) is 8.19. The maximum absolute atomic E-state index is 13.0. The average Bonchev–Trinajstić information content (AvgIpc) is 2.63. The van der Waals surface area contributed by atoms with Gasteiger partial charge in [0.1, 0.15) is 11.3 Å². The third kappa shape index (κ3) is 3.39. The Labute approximate surface area is 153 Å². The second-order valence-corrected chi connectivity index (χ2v) is 6.21. The fourth-order valence-corrected chi connectivity index (χ4v) is 2.93. The Morgan fingerprint density at radius 2 is 1.89 bits per heavy atom. The van der Waals surface area contributed by atoms with Crippen molar-refractivity contribution in [3.8, 4) is 5.75 Å². The van der Waals surface area contributed by atoms with Crippen molar-refractivity contribution in [2.24, 2.45) is 0 Å². The standard InChI is InChI=1S/C19H17FN2O5/c1-10(9-23)22-14-7-6-13(8-11-2-4-12(20)5-3-11)21-16(14)17(24)15(18(22)25)19(26)27/h2-7,10,23-24H,8-9H2,1H3,(H,26,27). The van der Waals surface area contributed by atoms with Crippen molar-refractivity contribution in [2.45, 2.75) is 19.4 Å². The molecule has 8 heteroatoms. The first-order valence-electron chi connectivity index (χ1n) is 8.19. The minimum atomic E-state index is -1.58. The molecule has 140 valence electrons. The van der Waals surface area contributed by atoms with E-state index in [9.17, 15) is 29.3 Å². The number of hydrogen-bond donors (Lipinski definition) is 3. The number of aromatic nitrogens is 2. The summed E-state index contributed by atoms with van der Waals surface area (Å²) in [6.07, 6.45) is 0.326. The smallest absolute Gasteiger partial charge is 0.345 e. The van der Waals surface area contributed by atoms with Gasteiger partial charge in [0.05, 0.1) is 18.2 Å². The normalized spacial score (nSPS) is 12.3. The highest BCUT2D eigenvalue weighted by atomic mass is 19.1. The van der Waals surface area contributed by atoms with Gasteiger partial charge in [-0.3, -0.25) is 4.79 Å². The third-order valence-corrected chi connectivity index (χ3v) is 4.30. The van der Waals surface area contributed by atoms with Crippen molar-refractivity contribution in [3.05, 3.63) is 69.4 Å². The third-order valence-electron chi connectivity index (χ3n) is 4.30. The Morgan fingerprint density at radius 1 is 1.22 bits per heavy atom. The molecule has 2 aromatic heterocycles. The summed E-state index contributed by atoms with van der Waals surface area (Å²) >= 11 is 0. The molecule has 0 saturated carbocycles. The number of carboxylic acid groups (broad SMARTS) is 1. The molecule has 0 aliphatic carbocycles. The molecule has 0 aliphatic heterocycles. The number of carbonyl (C=O) groups is 1. The van der Waals surface area contributed by atoms with Crippen LogP contribution in [0.25, 0.3) is 11.0 Å². The summed E-state index contributed by atoms with van der Waals surface area (Å²) in [5, 5.41) is 29.1. The molecule has 0 amide bonds. The first kappa shape index (κ1) is 18.5. The quantitative estimate of drug-likeness (QED) is 0.632. The molecule has 1 atom stereocenters. The Bertz CT molecular complexity index is 1080. The zero-order chi connectivity index (χ0) is 19.7. The molecule has 1 unspecified atom stereocenters. The molecule has 0 bridgehead atoms. The molecule has 0 spiro atoms. The lowest BCUT2D eigenvalue weighted by atomic mass is 10.1. The van der Waals surface area contributed by atoms with Gasteiger partial charge in [-0.05, 0) is 36.8 Å². The molecule has 0 aliphatic rings. The highest BCUT2D eigenvalue weighted by Crippen LogP contribution is 2.27. The summed E-state index contributed by atoms with van der Waals surface area (Å²) in [5.41, 5.74) is -0.268. The van der Waals surface area contributed by atoms with Crippen LogP contribution in [0.5, 0.6) is 5.75 Å². The molecule has 3 aromatic rings. The van der Waals surface area contributed by atoms with Crippen LogP contribution in [0.2, 0.25) is 0 Å². The van der Waals surface area contributed by atoms with E-state index >= 15 is 0 Å². The number of benzene rings is 1. The van der Waals surface area contributed by atoms with E-state index in [0.717, 1.165) is 10.1 Å². The lowest BCUT2D eigenvalue weighted by molar-refractivity contribution is 0.0690. The first-order chi connectivity index (χ1) is 12.8. The van der Waals surface area contributed by atoms with Crippen molar-refractivity contribution in [2.75, 3.05) is 6.61 Å². The SMILES string of the molecule is CC(CO)n1c(=O)c(C(=O)O)c(O)c2nc(Cc3ccc(F)cc3)ccc21. The van der Waals surface area contributed by atoms with Crippen molar-refractivity contribution >= 4 is 17.0 Å². The minimum Gasteiger partial charge on any atom is -0.505 e. The van der Waals surface area contributed by atoms with E-state index < -0.39 is 35.5 Å². The summed E-state index contributed by atoms with van der Waals surface area (Å²) in [7, 11) is 0. The second-order valence-electron chi connectivity index (χ2n) is 6.21. The Morgan fingerprint density at radius 3 is 2.48 bits per heavy atom. The van der Waals surface area contributed by atoms with E-state index in [0.29, 0.717) is 12.1 Å². The lowest BCUT2D eigenvalue weighted by Crippen LogP contribution is -2.30. The summed E-state index contributed by atoms with van der Waals surface area (Å²) in [6, 6.07) is 8.29. The molecular weight excluding hydrogens is 355 g/mol. The molecular formula is C19H17FN2O5. The lowest BCUT2D eigenvalue weighted by Gasteiger charge is -2.18. The van der Waals surface area contributed by atoms with Crippen LogP contribution in [0.4, 0.5) is 4.39 Å². The molecule has 1 aromatic carbocycles. The fraction of sp³-hybridized carbons (Fsp3) is 0.211. The predicted molar refractivity (Wildman–Crippen MR) is 95.6 cm³/mol. The van der Waals surface area contributed by atoms with Crippen LogP contribution in [-0.4, -0.2) is 37.4 Å². The highest BCUT2D eigenvalue weighted by molar-refractivity contribution is 5.97. The van der Waals surface area contributed by atoms with E-state index in [1.54, 1.807) is 31.2 Å². The van der Waals surface area contributed by atoms with E-state index in [-0.39, 0.29) is 16.9 Å². The van der Waals surface area contributed by atoms with Crippen LogP contribution in [-0.2, 0) is 6.42 Å². The van der Waals surface area contributed by atoms with Crippen molar-refractivity contribution in [1.29, 1.82) is 0 Å². The van der Waals surface area contributed by atoms with Crippen LogP contribution < -0.4 is 5.56 Å². The Kier molecular flexibility index (Phi) is 4.91. The number of aromatic carboxylic acids is 1. The fourth-order valence-electron chi connectivity index (χ4n) is 2.93. The molecule has 0 radical (unpaired) electrons. The van der Waals surface area contributed by atoms with Gasteiger partial charge in [-0.25, -0.2) is 14.2 Å². The number of aromatic hydroxyl groups is 1. The number of fused-ring (bicyclic) bond motifs is 1. The maximum Gasteiger partial charge on any atom is 0.345 e. The number of hydrogen-bond acceptors (Lipinski definition) is 5. The van der Waals surface area contributed by atoms with E-state index in [4.69, 9.17) is 0 Å². The average molecular weight is 372 g/mol. The van der Waals surface area contributed by atoms with Crippen LogP contribution in [0.1, 0.15) is 34.6 Å². The molecule has 0 fully saturated rings. The van der Waals surface area contributed by atoms with Crippen molar-refractivity contribution in [3.63, 3.8) is 0 Å². The van der Waals surface area contributed by atoms with Gasteiger partial charge in [0.15, 0.2) is 11.3 Å². The van der Waals surface area contributed by atoms with Crippen molar-refractivity contribution < 1.29 is 24.5 Å². The van der Waals surface area contributed by atoms with Crippen LogP contribution in [0.15, 0.2) is 41.2 Å². The highest BCUT2D eigenvalue weighted by Gasteiger charge is 2.24. The number of halogens is 1. The van der Waals surface area contributed by atoms with E-state index in [1.165, 1.54) is 12.1 Å². The molecule has 2 heterocycles. The number of rotatable bonds is 5. The molecule has 7 nitrogen and oxygen atoms in total. The topological polar surface area (TPSA) is 113 Å². The van der Waals surface area contributed by atoms with Gasteiger partial charge in [-0.1, -0.05) is 12.1 Å². The van der Waals surface area contributed by atoms with Crippen LogP contribution >= 0.6 is 0 Å². The zero-order valence-corrected chi connectivity index (χ0v) is 14.4. The van der Waals surface area contributed by atoms with E-state index in [2.05, 4.69) is 4.98 Å². The van der Waals surface area contributed by atoms with Gasteiger partial charge in [-0.15, -0.1) is 0 Å². The van der Waals surface area contributed by atoms with Crippen LogP contribution in [0.3, 0.4) is 0 Å². The number of aliphatic hydroxyl groups is 1. The predicted octanol–water partition coefficient (Wildman–Crippen LogP) is 2.08. The monoisotopic (exact) mass is 372 g/mol. The van der Waals surface area contributed by atoms with Gasteiger partial charge in [0.2, 0.25) is 0 Å². The van der Waals surface area contributed by atoms with Crippen LogP contribution in [0, 0.1) is 5.82 Å². The van der Waals surface area contributed by atoms with Gasteiger partial charge in [0.25, 0.3) is 5.56 Å².